The summed E-state index contributed by atoms with van der Waals surface area (Å²) < 4.78 is 13.4. The lowest BCUT2D eigenvalue weighted by Crippen LogP contribution is -2.25. The summed E-state index contributed by atoms with van der Waals surface area (Å²) in [4.78, 5) is 14.9. The van der Waals surface area contributed by atoms with E-state index in [1.807, 2.05) is 24.3 Å². The molecule has 0 N–H and O–H groups in total. The molecule has 0 bridgehead atoms. The van der Waals surface area contributed by atoms with E-state index in [0.29, 0.717) is 19.4 Å². The van der Waals surface area contributed by atoms with E-state index in [-0.39, 0.29) is 11.7 Å². The minimum Gasteiger partial charge on any atom is -0.309 e. The molecule has 4 nitrogen and oxygen atoms in total. The van der Waals surface area contributed by atoms with Gasteiger partial charge in [0.15, 0.2) is 0 Å². The number of nitrogens with zero attached hydrogens (tertiary/aromatic N) is 3. The first-order valence-corrected chi connectivity index (χ1v) is 9.30. The summed E-state index contributed by atoms with van der Waals surface area (Å²) in [7, 11) is 4.11. The van der Waals surface area contributed by atoms with Crippen molar-refractivity contribution in [2.75, 3.05) is 27.2 Å². The van der Waals surface area contributed by atoms with Gasteiger partial charge < -0.3 is 4.90 Å². The lowest BCUT2D eigenvalue weighted by Gasteiger charge is -2.14. The number of benzene rings is 2. The Labute approximate surface area is 160 Å². The molecule has 0 aromatic heterocycles. The van der Waals surface area contributed by atoms with Gasteiger partial charge in [-0.15, -0.1) is 0 Å². The van der Waals surface area contributed by atoms with Gasteiger partial charge in [-0.25, -0.2) is 9.40 Å². The van der Waals surface area contributed by atoms with Crippen LogP contribution < -0.4 is 0 Å². The van der Waals surface area contributed by atoms with E-state index in [9.17, 15) is 9.18 Å². The average molecular weight is 366 g/mol. The van der Waals surface area contributed by atoms with Crippen LogP contribution >= 0.6 is 0 Å². The summed E-state index contributed by atoms with van der Waals surface area (Å²) in [5.41, 5.74) is 3.60. The second-order valence-electron chi connectivity index (χ2n) is 7.08. The molecule has 27 heavy (non-hydrogen) atoms. The molecule has 5 heteroatoms. The number of halogens is 1. The molecule has 3 rings (SSSR count). The second kappa shape index (κ2) is 8.91. The maximum absolute atomic E-state index is 13.4. The SMILES string of the molecule is CN(C)CCCc1[c]cccc1CC(=O)N1CCC(c2cccc(F)c2)=N1. The zero-order valence-corrected chi connectivity index (χ0v) is 15.9. The molecule has 0 spiro atoms. The molecule has 0 saturated carbocycles. The summed E-state index contributed by atoms with van der Waals surface area (Å²) >= 11 is 0. The second-order valence-corrected chi connectivity index (χ2v) is 7.08. The van der Waals surface area contributed by atoms with Gasteiger partial charge in [0.2, 0.25) is 5.91 Å². The molecule has 2 aromatic carbocycles. The van der Waals surface area contributed by atoms with Crippen molar-refractivity contribution in [1.82, 2.24) is 9.91 Å². The van der Waals surface area contributed by atoms with Crippen molar-refractivity contribution in [2.24, 2.45) is 5.10 Å². The van der Waals surface area contributed by atoms with E-state index in [1.54, 1.807) is 6.07 Å². The van der Waals surface area contributed by atoms with Gasteiger partial charge in [-0.05, 0) is 62.8 Å². The molecule has 1 aliphatic heterocycles. The maximum Gasteiger partial charge on any atom is 0.247 e. The highest BCUT2D eigenvalue weighted by atomic mass is 19.1. The van der Waals surface area contributed by atoms with E-state index in [2.05, 4.69) is 30.2 Å². The molecular weight excluding hydrogens is 341 g/mol. The Kier molecular flexibility index (Phi) is 6.35. The first kappa shape index (κ1) is 19.2. The lowest BCUT2D eigenvalue weighted by atomic mass is 10.00. The summed E-state index contributed by atoms with van der Waals surface area (Å²) in [6.07, 6.45) is 2.89. The number of hydrazone groups is 1. The third-order valence-electron chi connectivity index (χ3n) is 4.66. The fourth-order valence-corrected chi connectivity index (χ4v) is 3.24. The van der Waals surface area contributed by atoms with Crippen molar-refractivity contribution in [3.8, 4) is 0 Å². The van der Waals surface area contributed by atoms with E-state index >= 15 is 0 Å². The van der Waals surface area contributed by atoms with Gasteiger partial charge in [-0.1, -0.05) is 30.3 Å². The van der Waals surface area contributed by atoms with E-state index in [0.717, 1.165) is 41.8 Å². The smallest absolute Gasteiger partial charge is 0.247 e. The standard InChI is InChI=1S/C22H25FN3O/c1-25(2)13-6-10-17-7-3-4-8-18(17)16-22(27)26-14-12-21(24-26)19-9-5-11-20(23)15-19/h3-5,8-9,11,15H,6,10,12-14,16H2,1-2H3. The average Bonchev–Trinajstić information content (AvgIpc) is 3.13. The molecule has 1 amide bonds. The predicted molar refractivity (Wildman–Crippen MR) is 105 cm³/mol. The lowest BCUT2D eigenvalue weighted by molar-refractivity contribution is -0.130. The van der Waals surface area contributed by atoms with Crippen molar-refractivity contribution in [1.29, 1.82) is 0 Å². The Morgan fingerprint density at radius 3 is 2.93 bits per heavy atom. The Balaban J connectivity index is 1.66. The number of aryl methyl sites for hydroxylation is 1. The molecule has 1 heterocycles. The fourth-order valence-electron chi connectivity index (χ4n) is 3.24. The molecule has 0 unspecified atom stereocenters. The van der Waals surface area contributed by atoms with Gasteiger partial charge in [-0.2, -0.15) is 5.10 Å². The van der Waals surface area contributed by atoms with Crippen LogP contribution in [0.25, 0.3) is 0 Å². The van der Waals surface area contributed by atoms with Crippen LogP contribution in [0.5, 0.6) is 0 Å². The zero-order chi connectivity index (χ0) is 19.2. The molecule has 0 fully saturated rings. The van der Waals surface area contributed by atoms with E-state index in [4.69, 9.17) is 0 Å². The molecule has 141 valence electrons. The highest BCUT2D eigenvalue weighted by molar-refractivity contribution is 6.02. The highest BCUT2D eigenvalue weighted by Gasteiger charge is 2.22. The quantitative estimate of drug-likeness (QED) is 0.754. The molecule has 2 aromatic rings. The fraction of sp³-hybridized carbons (Fsp3) is 0.364. The third kappa shape index (κ3) is 5.23. The number of hydrogen-bond acceptors (Lipinski definition) is 3. The number of carbonyl (C=O) groups excluding carboxylic acids is 1. The Bertz CT molecular complexity index is 832. The van der Waals surface area contributed by atoms with Crippen molar-refractivity contribution in [3.05, 3.63) is 71.0 Å². The van der Waals surface area contributed by atoms with Crippen LogP contribution in [0.4, 0.5) is 4.39 Å². The number of amides is 1. The monoisotopic (exact) mass is 366 g/mol. The summed E-state index contributed by atoms with van der Waals surface area (Å²) in [5.74, 6) is -0.322. The molecule has 0 atom stereocenters. The van der Waals surface area contributed by atoms with E-state index < -0.39 is 0 Å². The Hall–Kier alpha value is -2.53. The van der Waals surface area contributed by atoms with Crippen molar-refractivity contribution in [3.63, 3.8) is 0 Å². The Morgan fingerprint density at radius 2 is 2.15 bits per heavy atom. The normalized spacial score (nSPS) is 13.9. The third-order valence-corrected chi connectivity index (χ3v) is 4.66. The van der Waals surface area contributed by atoms with Crippen molar-refractivity contribution in [2.45, 2.75) is 25.7 Å². The van der Waals surface area contributed by atoms with Gasteiger partial charge in [0.1, 0.15) is 5.82 Å². The predicted octanol–water partition coefficient (Wildman–Crippen LogP) is 3.30. The van der Waals surface area contributed by atoms with Crippen molar-refractivity contribution < 1.29 is 9.18 Å². The molecule has 0 saturated heterocycles. The van der Waals surface area contributed by atoms with Gasteiger partial charge in [0, 0.05) is 12.0 Å². The summed E-state index contributed by atoms with van der Waals surface area (Å²) in [6.45, 7) is 1.54. The first-order valence-electron chi connectivity index (χ1n) is 9.30. The van der Waals surface area contributed by atoms with Crippen molar-refractivity contribution >= 4 is 11.6 Å². The number of hydrogen-bond donors (Lipinski definition) is 0. The molecule has 0 aliphatic carbocycles. The van der Waals surface area contributed by atoms with Gasteiger partial charge in [0.25, 0.3) is 0 Å². The number of carbonyl (C=O) groups is 1. The Morgan fingerprint density at radius 1 is 1.30 bits per heavy atom. The molecule has 1 aliphatic rings. The maximum atomic E-state index is 13.4. The van der Waals surface area contributed by atoms with Crippen LogP contribution in [0.3, 0.4) is 0 Å². The van der Waals surface area contributed by atoms with Crippen LogP contribution in [0.15, 0.2) is 47.6 Å². The van der Waals surface area contributed by atoms with Gasteiger partial charge in [-0.3, -0.25) is 4.79 Å². The van der Waals surface area contributed by atoms with E-state index in [1.165, 1.54) is 17.1 Å². The zero-order valence-electron chi connectivity index (χ0n) is 15.9. The molecular formula is C22H25FN3O. The van der Waals surface area contributed by atoms with Crippen LogP contribution in [0.2, 0.25) is 0 Å². The van der Waals surface area contributed by atoms with Gasteiger partial charge in [0.05, 0.1) is 18.7 Å². The summed E-state index contributed by atoms with van der Waals surface area (Å²) in [5, 5.41) is 5.94. The van der Waals surface area contributed by atoms with Crippen LogP contribution in [-0.2, 0) is 17.6 Å². The van der Waals surface area contributed by atoms with Gasteiger partial charge >= 0.3 is 0 Å². The topological polar surface area (TPSA) is 35.9 Å². The van der Waals surface area contributed by atoms with Crippen LogP contribution in [0.1, 0.15) is 29.5 Å². The number of rotatable bonds is 7. The highest BCUT2D eigenvalue weighted by Crippen LogP contribution is 2.18. The first-order chi connectivity index (χ1) is 13.0. The van der Waals surface area contributed by atoms with Crippen LogP contribution in [-0.4, -0.2) is 48.7 Å². The molecule has 1 radical (unpaired) electrons. The summed E-state index contributed by atoms with van der Waals surface area (Å²) in [6, 6.07) is 15.4. The largest absolute Gasteiger partial charge is 0.309 e. The minimum atomic E-state index is -0.290. The van der Waals surface area contributed by atoms with Crippen LogP contribution in [0, 0.1) is 11.9 Å². The minimum absolute atomic E-state index is 0.0325.